The Morgan fingerprint density at radius 1 is 0.974 bits per heavy atom. The van der Waals surface area contributed by atoms with Crippen molar-refractivity contribution in [2.45, 2.75) is 53.1 Å². The molecule has 4 aromatic rings. The zero-order chi connectivity index (χ0) is 27.7. The van der Waals surface area contributed by atoms with Crippen LogP contribution in [-0.2, 0) is 4.79 Å². The van der Waals surface area contributed by atoms with Gasteiger partial charge in [0.25, 0.3) is 0 Å². The van der Waals surface area contributed by atoms with Crippen LogP contribution in [0.3, 0.4) is 0 Å². The van der Waals surface area contributed by atoms with Gasteiger partial charge in [0.15, 0.2) is 5.11 Å². The zero-order valence-corrected chi connectivity index (χ0v) is 24.0. The van der Waals surface area contributed by atoms with Gasteiger partial charge in [-0.2, -0.15) is 0 Å². The van der Waals surface area contributed by atoms with Gasteiger partial charge in [0.05, 0.1) is 23.5 Å². The van der Waals surface area contributed by atoms with E-state index in [1.54, 1.807) is 0 Å². The van der Waals surface area contributed by atoms with Crippen LogP contribution < -0.4 is 10.6 Å². The van der Waals surface area contributed by atoms with Crippen molar-refractivity contribution < 1.29 is 4.79 Å². The molecule has 39 heavy (non-hydrogen) atoms. The summed E-state index contributed by atoms with van der Waals surface area (Å²) < 4.78 is 2.36. The maximum absolute atomic E-state index is 12.9. The first-order valence-electron chi connectivity index (χ1n) is 13.3. The van der Waals surface area contributed by atoms with Crippen molar-refractivity contribution in [1.29, 1.82) is 0 Å². The van der Waals surface area contributed by atoms with Gasteiger partial charge in [-0.05, 0) is 93.9 Å². The minimum atomic E-state index is -0.134. The highest BCUT2D eigenvalue weighted by molar-refractivity contribution is 7.80. The molecule has 0 bridgehead atoms. The van der Waals surface area contributed by atoms with E-state index in [0.29, 0.717) is 18.1 Å². The smallest absolute Gasteiger partial charge is 0.226 e. The summed E-state index contributed by atoms with van der Waals surface area (Å²) in [5.41, 5.74) is 10.2. The molecule has 1 aliphatic rings. The minimum absolute atomic E-state index is 0.0413. The second-order valence-corrected chi connectivity index (χ2v) is 10.8. The van der Waals surface area contributed by atoms with Crippen LogP contribution in [0.2, 0.25) is 0 Å². The Labute approximate surface area is 236 Å². The number of rotatable bonds is 7. The number of pyridine rings is 1. The van der Waals surface area contributed by atoms with Gasteiger partial charge in [-0.3, -0.25) is 9.78 Å². The fourth-order valence-electron chi connectivity index (χ4n) is 5.91. The summed E-state index contributed by atoms with van der Waals surface area (Å²) in [7, 11) is 0. The highest BCUT2D eigenvalue weighted by Gasteiger charge is 2.41. The molecule has 2 N–H and O–H groups in total. The Morgan fingerprint density at radius 3 is 2.33 bits per heavy atom. The number of thiocarbonyl (C=S) groups is 1. The summed E-state index contributed by atoms with van der Waals surface area (Å²) in [6.07, 6.45) is 2.13. The lowest BCUT2D eigenvalue weighted by atomic mass is 9.96. The lowest BCUT2D eigenvalue weighted by Crippen LogP contribution is -2.32. The second-order valence-electron chi connectivity index (χ2n) is 10.4. The first-order chi connectivity index (χ1) is 18.7. The number of carbonyl (C=O) groups is 1. The van der Waals surface area contributed by atoms with Crippen LogP contribution in [0.1, 0.15) is 57.8 Å². The summed E-state index contributed by atoms with van der Waals surface area (Å²) >= 11 is 5.86. The van der Waals surface area contributed by atoms with Crippen molar-refractivity contribution in [3.63, 3.8) is 0 Å². The number of anilines is 1. The molecule has 2 aromatic carbocycles. The van der Waals surface area contributed by atoms with Gasteiger partial charge >= 0.3 is 0 Å². The Morgan fingerprint density at radius 2 is 1.67 bits per heavy atom. The van der Waals surface area contributed by atoms with Crippen LogP contribution in [-0.4, -0.2) is 32.0 Å². The van der Waals surface area contributed by atoms with E-state index in [0.717, 1.165) is 17.1 Å². The molecule has 6 nitrogen and oxygen atoms in total. The number of nitrogens with zero attached hydrogens (tertiary/aromatic N) is 3. The highest BCUT2D eigenvalue weighted by Crippen LogP contribution is 2.42. The van der Waals surface area contributed by atoms with Gasteiger partial charge in [0.2, 0.25) is 5.91 Å². The minimum Gasteiger partial charge on any atom is -0.352 e. The Balaban J connectivity index is 1.52. The predicted molar refractivity (Wildman–Crippen MR) is 161 cm³/mol. The molecule has 1 amide bonds. The van der Waals surface area contributed by atoms with Crippen molar-refractivity contribution in [3.05, 3.63) is 112 Å². The first-order valence-corrected chi connectivity index (χ1v) is 13.8. The van der Waals surface area contributed by atoms with Crippen LogP contribution in [0.4, 0.5) is 5.69 Å². The van der Waals surface area contributed by atoms with Gasteiger partial charge in [0.1, 0.15) is 0 Å². The number of amides is 1. The number of aromatic nitrogens is 2. The van der Waals surface area contributed by atoms with Gasteiger partial charge in [0, 0.05) is 36.2 Å². The maximum atomic E-state index is 12.9. The fraction of sp³-hybridized carbons (Fsp3) is 0.281. The predicted octanol–water partition coefficient (Wildman–Crippen LogP) is 6.42. The van der Waals surface area contributed by atoms with Crippen LogP contribution in [0.15, 0.2) is 72.9 Å². The lowest BCUT2D eigenvalue weighted by molar-refractivity contribution is -0.116. The molecule has 2 atom stereocenters. The summed E-state index contributed by atoms with van der Waals surface area (Å²) in [6, 6.07) is 22.0. The number of hydrogen-bond donors (Lipinski definition) is 2. The standard InChI is InChI=1S/C32H35N5OS/c1-20-17-21(2)30(22(3)18-20)37-23(4)19-26(24(37)5)31-29(27-13-9-10-15-33-27)35-32(39)36(31)16-14-28(38)34-25-11-7-6-8-12-25/h6-13,15,17-19,29,31H,14,16H2,1-5H3,(H,34,38)(H,35,39)/t29-,31+/m1/s1. The molecule has 0 saturated carbocycles. The third-order valence-electron chi connectivity index (χ3n) is 7.48. The average molecular weight is 538 g/mol. The summed E-state index contributed by atoms with van der Waals surface area (Å²) in [4.78, 5) is 19.7. The van der Waals surface area contributed by atoms with Crippen LogP contribution >= 0.6 is 12.2 Å². The first kappa shape index (κ1) is 26.6. The molecule has 0 aliphatic carbocycles. The van der Waals surface area contributed by atoms with Crippen LogP contribution in [0.5, 0.6) is 0 Å². The summed E-state index contributed by atoms with van der Waals surface area (Å²) in [6.45, 7) is 11.3. The molecular weight excluding hydrogens is 502 g/mol. The van der Waals surface area contributed by atoms with Crippen molar-refractivity contribution in [2.75, 3.05) is 11.9 Å². The van der Waals surface area contributed by atoms with E-state index in [1.807, 2.05) is 54.7 Å². The number of benzene rings is 2. The van der Waals surface area contributed by atoms with E-state index < -0.39 is 0 Å². The highest BCUT2D eigenvalue weighted by atomic mass is 32.1. The van der Waals surface area contributed by atoms with Crippen molar-refractivity contribution in [2.24, 2.45) is 0 Å². The largest absolute Gasteiger partial charge is 0.352 e. The van der Waals surface area contributed by atoms with Gasteiger partial charge < -0.3 is 20.1 Å². The van der Waals surface area contributed by atoms with E-state index >= 15 is 0 Å². The number of aryl methyl sites for hydroxylation is 4. The molecular formula is C32H35N5OS. The van der Waals surface area contributed by atoms with E-state index in [4.69, 9.17) is 12.2 Å². The molecule has 1 fully saturated rings. The van der Waals surface area contributed by atoms with Gasteiger partial charge in [-0.15, -0.1) is 0 Å². The molecule has 200 valence electrons. The zero-order valence-electron chi connectivity index (χ0n) is 23.2. The molecule has 1 aliphatic heterocycles. The van der Waals surface area contributed by atoms with E-state index in [9.17, 15) is 4.79 Å². The number of hydrogen-bond acceptors (Lipinski definition) is 3. The quantitative estimate of drug-likeness (QED) is 0.267. The number of carbonyl (C=O) groups excluding carboxylic acids is 1. The third kappa shape index (κ3) is 5.32. The molecule has 5 rings (SSSR count). The van der Waals surface area contributed by atoms with Gasteiger partial charge in [-0.25, -0.2) is 0 Å². The maximum Gasteiger partial charge on any atom is 0.226 e. The molecule has 1 saturated heterocycles. The average Bonchev–Trinajstić information content (AvgIpc) is 3.38. The normalized spacial score (nSPS) is 16.8. The van der Waals surface area contributed by atoms with E-state index in [1.165, 1.54) is 33.6 Å². The fourth-order valence-corrected chi connectivity index (χ4v) is 6.24. The Hall–Kier alpha value is -3.97. The van der Waals surface area contributed by atoms with Crippen LogP contribution in [0, 0.1) is 34.6 Å². The van der Waals surface area contributed by atoms with E-state index in [2.05, 4.69) is 77.9 Å². The number of para-hydroxylation sites is 1. The second kappa shape index (κ2) is 11.0. The molecule has 7 heteroatoms. The van der Waals surface area contributed by atoms with Crippen molar-refractivity contribution >= 4 is 28.9 Å². The van der Waals surface area contributed by atoms with Crippen molar-refractivity contribution in [1.82, 2.24) is 19.8 Å². The van der Waals surface area contributed by atoms with Crippen molar-refractivity contribution in [3.8, 4) is 5.69 Å². The molecule has 0 spiro atoms. The van der Waals surface area contributed by atoms with Crippen LogP contribution in [0.25, 0.3) is 5.69 Å². The lowest BCUT2D eigenvalue weighted by Gasteiger charge is -2.28. The van der Waals surface area contributed by atoms with Gasteiger partial charge in [-0.1, -0.05) is 42.0 Å². The SMILES string of the molecule is Cc1cc(C)c(-n2c(C)cc([C@H]3[C@@H](c4ccccn4)NC(=S)N3CCC(=O)Nc3ccccc3)c2C)c(C)c1. The topological polar surface area (TPSA) is 62.2 Å². The third-order valence-corrected chi connectivity index (χ3v) is 7.84. The summed E-state index contributed by atoms with van der Waals surface area (Å²) in [5, 5.41) is 7.15. The molecule has 2 aromatic heterocycles. The summed E-state index contributed by atoms with van der Waals surface area (Å²) in [5.74, 6) is -0.0413. The molecule has 0 radical (unpaired) electrons. The molecule has 0 unspecified atom stereocenters. The monoisotopic (exact) mass is 537 g/mol. The Bertz CT molecular complexity index is 1490. The number of nitrogens with one attached hydrogen (secondary N) is 2. The van der Waals surface area contributed by atoms with E-state index in [-0.39, 0.29) is 18.0 Å². The molecule has 3 heterocycles. The Kier molecular flexibility index (Phi) is 7.53.